The fraction of sp³-hybridized carbons (Fsp3) is 0.853. The Balaban J connectivity index is 1.44. The molecule has 5 aliphatic heterocycles. The Bertz CT molecular complexity index is 1210. The van der Waals surface area contributed by atoms with Gasteiger partial charge in [0.25, 0.3) is 0 Å². The van der Waals surface area contributed by atoms with E-state index >= 15 is 8.78 Å². The van der Waals surface area contributed by atoms with E-state index in [2.05, 4.69) is 41.3 Å². The Morgan fingerprint density at radius 2 is 1.90 bits per heavy atom. The molecule has 0 aromatic rings. The zero-order chi connectivity index (χ0) is 34.4. The van der Waals surface area contributed by atoms with Crippen molar-refractivity contribution in [3.05, 3.63) is 12.7 Å². The first-order valence-electron chi connectivity index (χ1n) is 17.9. The van der Waals surface area contributed by atoms with Gasteiger partial charge in [-0.05, 0) is 57.6 Å². The van der Waals surface area contributed by atoms with Gasteiger partial charge in [-0.2, -0.15) is 0 Å². The lowest BCUT2D eigenvalue weighted by atomic mass is 9.71. The Hall–Kier alpha value is -2.39. The summed E-state index contributed by atoms with van der Waals surface area (Å²) in [5.41, 5.74) is 0. The fourth-order valence-corrected chi connectivity index (χ4v) is 9.78. The molecule has 270 valence electrons. The Labute approximate surface area is 282 Å². The SMILES string of the molecule is C=CC(=O)N1CCN(C2NC(=O)N3C4NC(C(F)CC42)C2C(F)CCCC2OCC(O)C(OC(C)=O)C2CCNC(C(C)C)C23)[C@@H](C)C1. The third-order valence-corrected chi connectivity index (χ3v) is 11.9. The molecule has 14 heteroatoms. The fourth-order valence-electron chi connectivity index (χ4n) is 9.78. The van der Waals surface area contributed by atoms with E-state index in [0.29, 0.717) is 45.4 Å². The smallest absolute Gasteiger partial charge is 0.320 e. The predicted molar refractivity (Wildman–Crippen MR) is 173 cm³/mol. The van der Waals surface area contributed by atoms with Crippen LogP contribution < -0.4 is 16.0 Å². The highest BCUT2D eigenvalue weighted by Crippen LogP contribution is 2.44. The van der Waals surface area contributed by atoms with Crippen LogP contribution in [0.3, 0.4) is 0 Å². The number of urea groups is 1. The lowest BCUT2D eigenvalue weighted by Crippen LogP contribution is -2.80. The predicted octanol–water partition coefficient (Wildman–Crippen LogP) is 1.53. The summed E-state index contributed by atoms with van der Waals surface area (Å²) < 4.78 is 44.7. The van der Waals surface area contributed by atoms with Gasteiger partial charge in [0.2, 0.25) is 5.91 Å². The van der Waals surface area contributed by atoms with Crippen LogP contribution in [0.2, 0.25) is 0 Å². The van der Waals surface area contributed by atoms with Crippen molar-refractivity contribution in [2.24, 2.45) is 23.7 Å². The summed E-state index contributed by atoms with van der Waals surface area (Å²) in [6.07, 6.45) is -3.57. The van der Waals surface area contributed by atoms with E-state index in [1.54, 1.807) is 9.80 Å². The van der Waals surface area contributed by atoms with Gasteiger partial charge in [0, 0.05) is 62.4 Å². The van der Waals surface area contributed by atoms with Gasteiger partial charge in [0.05, 0.1) is 31.1 Å². The molecule has 1 aliphatic carbocycles. The average Bonchev–Trinajstić information content (AvgIpc) is 3.05. The minimum Gasteiger partial charge on any atom is -0.459 e. The molecular weight excluding hydrogens is 626 g/mol. The Morgan fingerprint density at radius 3 is 2.58 bits per heavy atom. The van der Waals surface area contributed by atoms with Crippen molar-refractivity contribution in [1.29, 1.82) is 0 Å². The number of esters is 1. The third kappa shape index (κ3) is 6.59. The van der Waals surface area contributed by atoms with Crippen molar-refractivity contribution in [3.63, 3.8) is 0 Å². The maximum Gasteiger partial charge on any atom is 0.320 e. The lowest BCUT2D eigenvalue weighted by Gasteiger charge is -2.60. The third-order valence-electron chi connectivity index (χ3n) is 11.9. The summed E-state index contributed by atoms with van der Waals surface area (Å²) in [5.74, 6) is -2.39. The number of rotatable bonds is 4. The van der Waals surface area contributed by atoms with Crippen LogP contribution in [-0.4, -0.2) is 138 Å². The molecule has 6 fully saturated rings. The van der Waals surface area contributed by atoms with Crippen LogP contribution >= 0.6 is 0 Å². The number of piperidine rings is 2. The summed E-state index contributed by atoms with van der Waals surface area (Å²) in [6, 6.07) is -2.20. The van der Waals surface area contributed by atoms with Gasteiger partial charge < -0.3 is 35.0 Å². The van der Waals surface area contributed by atoms with E-state index in [0.717, 1.165) is 0 Å². The number of piperazine rings is 1. The molecular formula is C34H54F2N6O6. The quantitative estimate of drug-likeness (QED) is 0.258. The molecule has 0 aromatic carbocycles. The van der Waals surface area contributed by atoms with E-state index in [4.69, 9.17) is 9.47 Å². The van der Waals surface area contributed by atoms with E-state index in [1.165, 1.54) is 13.0 Å². The lowest BCUT2D eigenvalue weighted by molar-refractivity contribution is -0.178. The molecule has 14 atom stereocenters. The van der Waals surface area contributed by atoms with E-state index in [9.17, 15) is 19.5 Å². The second kappa shape index (κ2) is 14.5. The van der Waals surface area contributed by atoms with Gasteiger partial charge in [-0.15, -0.1) is 0 Å². The van der Waals surface area contributed by atoms with Crippen molar-refractivity contribution in [3.8, 4) is 0 Å². The number of hydrogen-bond acceptors (Lipinski definition) is 9. The van der Waals surface area contributed by atoms with Crippen LogP contribution in [0.5, 0.6) is 0 Å². The van der Waals surface area contributed by atoms with Crippen molar-refractivity contribution in [2.75, 3.05) is 32.8 Å². The zero-order valence-electron chi connectivity index (χ0n) is 28.6. The van der Waals surface area contributed by atoms with Crippen LogP contribution in [0.15, 0.2) is 12.7 Å². The largest absolute Gasteiger partial charge is 0.459 e. The summed E-state index contributed by atoms with van der Waals surface area (Å²) in [4.78, 5) is 45.2. The normalized spacial score (nSPS) is 44.0. The number of aliphatic hydroxyl groups excluding tert-OH is 1. The van der Waals surface area contributed by atoms with Crippen LogP contribution in [0.4, 0.5) is 13.6 Å². The van der Waals surface area contributed by atoms with Gasteiger partial charge >= 0.3 is 12.0 Å². The number of amides is 3. The molecule has 12 nitrogen and oxygen atoms in total. The standard InChI is InChI=1S/C34H54F2N6O6/c1-6-26(45)40-12-13-41(18(4)15-40)32-21-14-23(36)29-27-22(35)8-7-9-25(27)47-16-24(44)31(48-19(5)43)20-10-11-37-28(17(2)3)30(20)42(33(21)38-29)34(46)39-32/h6,17-18,20-25,27-33,37-38,44H,1,7-16H2,2-5H3,(H,39,46)/t18-,20?,21?,22?,23?,24?,25?,27?,28?,29?,30?,31?,32?,33?/m0/s1. The number of carbonyl (C=O) groups is 3. The number of aliphatic hydroxyl groups is 1. The number of halogens is 2. The molecule has 5 heterocycles. The highest BCUT2D eigenvalue weighted by Gasteiger charge is 2.59. The van der Waals surface area contributed by atoms with Gasteiger partial charge in [-0.25, -0.2) is 13.6 Å². The van der Waals surface area contributed by atoms with E-state index < -0.39 is 78.8 Å². The first-order valence-corrected chi connectivity index (χ1v) is 17.9. The summed E-state index contributed by atoms with van der Waals surface area (Å²) in [5, 5.41) is 22.0. The first kappa shape index (κ1) is 35.4. The summed E-state index contributed by atoms with van der Waals surface area (Å²) in [6.45, 7) is 12.8. The molecule has 13 unspecified atom stereocenters. The second-order valence-corrected chi connectivity index (χ2v) is 15.1. The molecule has 48 heavy (non-hydrogen) atoms. The average molecular weight is 681 g/mol. The maximum atomic E-state index is 16.7. The van der Waals surface area contributed by atoms with Gasteiger partial charge in [0.15, 0.2) is 0 Å². The van der Waals surface area contributed by atoms with Crippen molar-refractivity contribution < 1.29 is 37.7 Å². The van der Waals surface area contributed by atoms with E-state index in [-0.39, 0.29) is 49.4 Å². The molecule has 2 bridgehead atoms. The van der Waals surface area contributed by atoms with Crippen LogP contribution in [0, 0.1) is 23.7 Å². The van der Waals surface area contributed by atoms with Crippen LogP contribution in [0.25, 0.3) is 0 Å². The second-order valence-electron chi connectivity index (χ2n) is 15.1. The highest BCUT2D eigenvalue weighted by molar-refractivity contribution is 5.87. The molecule has 0 radical (unpaired) electrons. The number of carbonyl (C=O) groups excluding carboxylic acids is 3. The minimum absolute atomic E-state index is 0.0443. The summed E-state index contributed by atoms with van der Waals surface area (Å²) in [7, 11) is 0. The molecule has 0 aromatic heterocycles. The number of hydrogen-bond donors (Lipinski definition) is 4. The zero-order valence-corrected chi connectivity index (χ0v) is 28.6. The van der Waals surface area contributed by atoms with Crippen LogP contribution in [-0.2, 0) is 19.1 Å². The number of nitrogens with zero attached hydrogens (tertiary/aromatic N) is 3. The maximum absolute atomic E-state index is 16.7. The monoisotopic (exact) mass is 680 g/mol. The van der Waals surface area contributed by atoms with Gasteiger partial charge in [-0.1, -0.05) is 20.4 Å². The molecule has 6 aliphatic rings. The van der Waals surface area contributed by atoms with Crippen molar-refractivity contribution >= 4 is 17.9 Å². The number of nitrogens with one attached hydrogen (secondary N) is 3. The summed E-state index contributed by atoms with van der Waals surface area (Å²) >= 11 is 0. The number of alkyl halides is 2. The number of ether oxygens (including phenoxy) is 2. The molecule has 6 rings (SSSR count). The molecule has 3 amide bonds. The van der Waals surface area contributed by atoms with Crippen LogP contribution in [0.1, 0.15) is 59.8 Å². The first-order chi connectivity index (χ1) is 22.9. The minimum atomic E-state index is -1.42. The molecule has 1 saturated carbocycles. The molecule has 4 N–H and O–H groups in total. The highest BCUT2D eigenvalue weighted by atomic mass is 19.1. The number of fused-ring (bicyclic) bond motifs is 5. The topological polar surface area (TPSA) is 136 Å². The van der Waals surface area contributed by atoms with Gasteiger partial charge in [0.1, 0.15) is 24.6 Å². The van der Waals surface area contributed by atoms with E-state index in [1.807, 2.05) is 6.92 Å². The van der Waals surface area contributed by atoms with Crippen molar-refractivity contribution in [2.45, 2.75) is 127 Å². The van der Waals surface area contributed by atoms with Crippen molar-refractivity contribution in [1.82, 2.24) is 30.7 Å². The Kier molecular flexibility index (Phi) is 10.7. The van der Waals surface area contributed by atoms with Gasteiger partial charge in [-0.3, -0.25) is 19.8 Å². The molecule has 0 spiro atoms. The molecule has 5 saturated heterocycles. The Morgan fingerprint density at radius 1 is 1.12 bits per heavy atom.